The molecule has 5 heteroatoms. The van der Waals surface area contributed by atoms with Gasteiger partial charge >= 0.3 is 0 Å². The fraction of sp³-hybridized carbons (Fsp3) is 0.333. The van der Waals surface area contributed by atoms with Gasteiger partial charge in [-0.05, 0) is 18.2 Å². The molecule has 0 saturated carbocycles. The van der Waals surface area contributed by atoms with Crippen molar-refractivity contribution in [2.24, 2.45) is 0 Å². The number of amides is 1. The van der Waals surface area contributed by atoms with E-state index in [1.807, 2.05) is 11.0 Å². The lowest BCUT2D eigenvalue weighted by atomic mass is 10.1. The Labute approximate surface area is 99.5 Å². The van der Waals surface area contributed by atoms with Gasteiger partial charge in [0.25, 0.3) is 0 Å². The molecule has 1 N–H and O–H groups in total. The van der Waals surface area contributed by atoms with E-state index in [1.54, 1.807) is 24.1 Å². The molecule has 1 aliphatic heterocycles. The van der Waals surface area contributed by atoms with Crippen LogP contribution in [0.2, 0.25) is 0 Å². The second-order valence-electron chi connectivity index (χ2n) is 3.91. The Morgan fingerprint density at radius 2 is 2.24 bits per heavy atom. The summed E-state index contributed by atoms with van der Waals surface area (Å²) in [5.74, 6) is -0.0407. The summed E-state index contributed by atoms with van der Waals surface area (Å²) in [6.45, 7) is 0.672. The highest BCUT2D eigenvalue weighted by atomic mass is 16.3. The number of carbonyl (C=O) groups is 1. The van der Waals surface area contributed by atoms with Crippen molar-refractivity contribution in [1.82, 2.24) is 0 Å². The summed E-state index contributed by atoms with van der Waals surface area (Å²) in [5.41, 5.74) is 2.11. The first-order valence-electron chi connectivity index (χ1n) is 5.34. The number of hydrogen-bond acceptors (Lipinski definition) is 4. The van der Waals surface area contributed by atoms with Crippen molar-refractivity contribution in [1.29, 1.82) is 5.26 Å². The number of carbonyl (C=O) groups excluding carboxylic acids is 1. The SMILES string of the molecule is CN1C(=O)CN(CCO)c2ccc(C#N)cc21. The second-order valence-corrected chi connectivity index (χ2v) is 3.91. The Balaban J connectivity index is 2.48. The standard InChI is InChI=1S/C12H13N3O2/c1-14-11-6-9(7-13)2-3-10(11)15(4-5-16)8-12(14)17/h2-3,6,16H,4-5,8H2,1H3. The fourth-order valence-corrected chi connectivity index (χ4v) is 1.94. The van der Waals surface area contributed by atoms with E-state index in [4.69, 9.17) is 10.4 Å². The van der Waals surface area contributed by atoms with Gasteiger partial charge < -0.3 is 14.9 Å². The third kappa shape index (κ3) is 1.95. The molecule has 0 saturated heterocycles. The van der Waals surface area contributed by atoms with Gasteiger partial charge in [-0.15, -0.1) is 0 Å². The fourth-order valence-electron chi connectivity index (χ4n) is 1.94. The van der Waals surface area contributed by atoms with E-state index in [0.717, 1.165) is 5.69 Å². The third-order valence-corrected chi connectivity index (χ3v) is 2.88. The van der Waals surface area contributed by atoms with Crippen LogP contribution in [0.25, 0.3) is 0 Å². The number of aliphatic hydroxyl groups excluding tert-OH is 1. The first-order valence-corrected chi connectivity index (χ1v) is 5.34. The molecule has 0 spiro atoms. The molecular formula is C12H13N3O2. The summed E-state index contributed by atoms with van der Waals surface area (Å²) in [6, 6.07) is 7.27. The van der Waals surface area contributed by atoms with E-state index in [2.05, 4.69) is 6.07 Å². The maximum atomic E-state index is 11.8. The summed E-state index contributed by atoms with van der Waals surface area (Å²) >= 11 is 0. The average molecular weight is 231 g/mol. The number of nitriles is 1. The molecule has 0 atom stereocenters. The molecule has 1 amide bonds. The van der Waals surface area contributed by atoms with Crippen LogP contribution in [0.1, 0.15) is 5.56 Å². The molecule has 0 aromatic heterocycles. The van der Waals surface area contributed by atoms with Gasteiger partial charge in [0, 0.05) is 13.6 Å². The Kier molecular flexibility index (Phi) is 2.98. The molecule has 1 aromatic carbocycles. The number of β-amino-alcohol motifs (C(OH)–C–C–N with tert-alkyl or cyclic N) is 1. The first kappa shape index (κ1) is 11.4. The Morgan fingerprint density at radius 1 is 1.47 bits per heavy atom. The van der Waals surface area contributed by atoms with Gasteiger partial charge in [-0.25, -0.2) is 0 Å². The lowest BCUT2D eigenvalue weighted by Crippen LogP contribution is -2.44. The lowest BCUT2D eigenvalue weighted by Gasteiger charge is -2.35. The number of fused-ring (bicyclic) bond motifs is 1. The Bertz CT molecular complexity index is 493. The van der Waals surface area contributed by atoms with E-state index >= 15 is 0 Å². The van der Waals surface area contributed by atoms with Gasteiger partial charge in [0.05, 0.1) is 36.2 Å². The number of likely N-dealkylation sites (N-methyl/N-ethyl adjacent to an activating group) is 1. The molecule has 0 fully saturated rings. The minimum absolute atomic E-state index is 0.00354. The zero-order valence-electron chi connectivity index (χ0n) is 9.55. The largest absolute Gasteiger partial charge is 0.395 e. The zero-order chi connectivity index (χ0) is 12.4. The molecule has 0 radical (unpaired) electrons. The van der Waals surface area contributed by atoms with Gasteiger partial charge in [-0.1, -0.05) is 0 Å². The number of rotatable bonds is 2. The highest BCUT2D eigenvalue weighted by Crippen LogP contribution is 2.33. The number of anilines is 2. The Hall–Kier alpha value is -2.06. The van der Waals surface area contributed by atoms with E-state index in [1.165, 1.54) is 0 Å². The van der Waals surface area contributed by atoms with Gasteiger partial charge in [0.15, 0.2) is 0 Å². The molecule has 0 unspecified atom stereocenters. The molecule has 88 valence electrons. The molecule has 2 rings (SSSR count). The van der Waals surface area contributed by atoms with Crippen LogP contribution in [0.4, 0.5) is 11.4 Å². The van der Waals surface area contributed by atoms with Gasteiger partial charge in [0.1, 0.15) is 0 Å². The van der Waals surface area contributed by atoms with Crippen LogP contribution in [0.5, 0.6) is 0 Å². The molecule has 5 nitrogen and oxygen atoms in total. The number of benzene rings is 1. The van der Waals surface area contributed by atoms with Gasteiger partial charge in [-0.3, -0.25) is 4.79 Å². The monoisotopic (exact) mass is 231 g/mol. The predicted molar refractivity (Wildman–Crippen MR) is 63.9 cm³/mol. The van der Waals surface area contributed by atoms with Crippen LogP contribution in [0.15, 0.2) is 18.2 Å². The van der Waals surface area contributed by atoms with Crippen molar-refractivity contribution in [3.8, 4) is 6.07 Å². The molecular weight excluding hydrogens is 218 g/mol. The van der Waals surface area contributed by atoms with Crippen molar-refractivity contribution in [3.63, 3.8) is 0 Å². The molecule has 1 aromatic rings. The number of nitrogens with zero attached hydrogens (tertiary/aromatic N) is 3. The maximum absolute atomic E-state index is 11.8. The molecule has 1 heterocycles. The van der Waals surface area contributed by atoms with Crippen LogP contribution >= 0.6 is 0 Å². The average Bonchev–Trinajstić information content (AvgIpc) is 2.35. The maximum Gasteiger partial charge on any atom is 0.246 e. The molecule has 0 bridgehead atoms. The third-order valence-electron chi connectivity index (χ3n) is 2.88. The van der Waals surface area contributed by atoms with Crippen molar-refractivity contribution >= 4 is 17.3 Å². The molecule has 0 aliphatic carbocycles. The number of aliphatic hydroxyl groups is 1. The lowest BCUT2D eigenvalue weighted by molar-refractivity contribution is -0.117. The van der Waals surface area contributed by atoms with Crippen molar-refractivity contribution in [2.75, 3.05) is 36.5 Å². The zero-order valence-corrected chi connectivity index (χ0v) is 9.55. The minimum Gasteiger partial charge on any atom is -0.395 e. The molecule has 17 heavy (non-hydrogen) atoms. The van der Waals surface area contributed by atoms with Crippen LogP contribution in [-0.4, -0.2) is 37.8 Å². The van der Waals surface area contributed by atoms with Crippen LogP contribution < -0.4 is 9.80 Å². The number of hydrogen-bond donors (Lipinski definition) is 1. The predicted octanol–water partition coefficient (Wildman–Crippen LogP) is 0.333. The van der Waals surface area contributed by atoms with Crippen molar-refractivity contribution in [3.05, 3.63) is 23.8 Å². The van der Waals surface area contributed by atoms with E-state index in [0.29, 0.717) is 17.8 Å². The van der Waals surface area contributed by atoms with E-state index in [9.17, 15) is 4.79 Å². The summed E-state index contributed by atoms with van der Waals surface area (Å²) in [7, 11) is 1.69. The van der Waals surface area contributed by atoms with Crippen LogP contribution in [0, 0.1) is 11.3 Å². The van der Waals surface area contributed by atoms with Crippen molar-refractivity contribution < 1.29 is 9.90 Å². The minimum atomic E-state index is -0.0407. The highest BCUT2D eigenvalue weighted by Gasteiger charge is 2.26. The quantitative estimate of drug-likeness (QED) is 0.796. The summed E-state index contributed by atoms with van der Waals surface area (Å²) in [5, 5.41) is 17.8. The van der Waals surface area contributed by atoms with Crippen molar-refractivity contribution in [2.45, 2.75) is 0 Å². The summed E-state index contributed by atoms with van der Waals surface area (Å²) < 4.78 is 0. The second kappa shape index (κ2) is 4.44. The Morgan fingerprint density at radius 3 is 2.88 bits per heavy atom. The van der Waals surface area contributed by atoms with Crippen LogP contribution in [0.3, 0.4) is 0 Å². The summed E-state index contributed by atoms with van der Waals surface area (Å²) in [4.78, 5) is 15.1. The molecule has 1 aliphatic rings. The first-order chi connectivity index (χ1) is 8.17. The topological polar surface area (TPSA) is 67.6 Å². The van der Waals surface area contributed by atoms with Gasteiger partial charge in [0.2, 0.25) is 5.91 Å². The summed E-state index contributed by atoms with van der Waals surface area (Å²) in [6.07, 6.45) is 0. The van der Waals surface area contributed by atoms with Gasteiger partial charge in [-0.2, -0.15) is 5.26 Å². The van der Waals surface area contributed by atoms with E-state index in [-0.39, 0.29) is 19.1 Å². The van der Waals surface area contributed by atoms with Crippen LogP contribution in [-0.2, 0) is 4.79 Å². The van der Waals surface area contributed by atoms with E-state index < -0.39 is 0 Å². The highest BCUT2D eigenvalue weighted by molar-refractivity contribution is 6.03. The smallest absolute Gasteiger partial charge is 0.246 e. The normalized spacial score (nSPS) is 14.5.